The molecular weight excluding hydrogens is 812 g/mol. The summed E-state index contributed by atoms with van der Waals surface area (Å²) in [7, 11) is 0. The smallest absolute Gasteiger partial charge is 0.262 e. The Labute approximate surface area is 363 Å². The maximum absolute atomic E-state index is 16.5. The van der Waals surface area contributed by atoms with E-state index >= 15 is 4.39 Å². The Kier molecular flexibility index (Phi) is 10.7. The van der Waals surface area contributed by atoms with Crippen LogP contribution in [0.4, 0.5) is 18.9 Å². The van der Waals surface area contributed by atoms with Crippen molar-refractivity contribution in [2.24, 2.45) is 11.8 Å². The third-order valence-electron chi connectivity index (χ3n) is 14.7. The molecule has 0 bridgehead atoms. The third kappa shape index (κ3) is 7.40. The Bertz CT molecular complexity index is 2480. The van der Waals surface area contributed by atoms with Crippen LogP contribution in [0.3, 0.4) is 0 Å². The number of alkyl halides is 2. The number of amides is 5. The molecule has 3 saturated heterocycles. The van der Waals surface area contributed by atoms with E-state index in [9.17, 15) is 32.8 Å². The number of likely N-dealkylation sites (tertiary alicyclic amines) is 1. The van der Waals surface area contributed by atoms with Gasteiger partial charge in [-0.25, -0.2) is 13.2 Å². The molecule has 10 rings (SSSR count). The molecule has 3 atom stereocenters. The molecule has 330 valence electrons. The van der Waals surface area contributed by atoms with Crippen LogP contribution in [0, 0.1) is 24.6 Å². The summed E-state index contributed by atoms with van der Waals surface area (Å²) in [5, 5.41) is 3.28. The van der Waals surface area contributed by atoms with Crippen LogP contribution < -0.4 is 10.2 Å². The fourth-order valence-electron chi connectivity index (χ4n) is 11.4. The van der Waals surface area contributed by atoms with Crippen molar-refractivity contribution in [1.82, 2.24) is 29.9 Å². The summed E-state index contributed by atoms with van der Waals surface area (Å²) in [4.78, 5) is 77.3. The molecule has 3 aromatic carbocycles. The van der Waals surface area contributed by atoms with Crippen molar-refractivity contribution in [2.75, 3.05) is 44.2 Å². The van der Waals surface area contributed by atoms with E-state index in [0.717, 1.165) is 108 Å². The topological polar surface area (TPSA) is 129 Å². The summed E-state index contributed by atoms with van der Waals surface area (Å²) in [5.74, 6) is -2.11. The lowest BCUT2D eigenvalue weighted by molar-refractivity contribution is -0.138. The lowest BCUT2D eigenvalue weighted by Gasteiger charge is -2.42. The molecule has 63 heavy (non-hydrogen) atoms. The number of aromatic amines is 1. The number of aromatic nitrogens is 1. The Balaban J connectivity index is 0.733. The molecule has 5 amide bonds. The van der Waals surface area contributed by atoms with Gasteiger partial charge in [-0.2, -0.15) is 0 Å². The van der Waals surface area contributed by atoms with E-state index in [1.165, 1.54) is 0 Å². The van der Waals surface area contributed by atoms with Crippen molar-refractivity contribution in [3.05, 3.63) is 99.0 Å². The highest BCUT2D eigenvalue weighted by Crippen LogP contribution is 2.44. The van der Waals surface area contributed by atoms with Gasteiger partial charge in [0.1, 0.15) is 11.9 Å². The molecule has 3 fully saturated rings. The van der Waals surface area contributed by atoms with Crippen LogP contribution in [0.15, 0.2) is 48.5 Å². The Morgan fingerprint density at radius 2 is 1.56 bits per heavy atom. The van der Waals surface area contributed by atoms with E-state index in [0.29, 0.717) is 31.0 Å². The van der Waals surface area contributed by atoms with Gasteiger partial charge in [-0.3, -0.25) is 39.1 Å². The molecule has 1 aromatic heterocycles. The molecule has 6 aliphatic heterocycles. The highest BCUT2D eigenvalue weighted by atomic mass is 19.3. The number of rotatable bonds is 8. The summed E-state index contributed by atoms with van der Waals surface area (Å²) in [6.07, 6.45) is 1.61. The van der Waals surface area contributed by atoms with E-state index in [-0.39, 0.29) is 47.7 Å². The first kappa shape index (κ1) is 41.5. The van der Waals surface area contributed by atoms with Crippen LogP contribution in [-0.2, 0) is 33.9 Å². The van der Waals surface area contributed by atoms with E-state index in [1.807, 2.05) is 49.1 Å². The van der Waals surface area contributed by atoms with Gasteiger partial charge < -0.3 is 19.7 Å². The minimum absolute atomic E-state index is 0.0567. The molecule has 6 aliphatic rings. The van der Waals surface area contributed by atoms with Crippen molar-refractivity contribution in [2.45, 2.75) is 96.4 Å². The monoisotopic (exact) mass is 863 g/mol. The number of aryl methyl sites for hydroxylation is 1. The molecule has 0 spiro atoms. The van der Waals surface area contributed by atoms with Crippen LogP contribution in [-0.4, -0.2) is 112 Å². The lowest BCUT2D eigenvalue weighted by atomic mass is 9.86. The maximum Gasteiger partial charge on any atom is 0.262 e. The first-order chi connectivity index (χ1) is 30.3. The van der Waals surface area contributed by atoms with Crippen molar-refractivity contribution < 1.29 is 37.1 Å². The van der Waals surface area contributed by atoms with Crippen LogP contribution in [0.1, 0.15) is 106 Å². The van der Waals surface area contributed by atoms with E-state index in [2.05, 4.69) is 20.1 Å². The number of fused-ring (bicyclic) bond motifs is 5. The average molecular weight is 864 g/mol. The molecule has 4 aromatic rings. The first-order valence-electron chi connectivity index (χ1n) is 22.4. The van der Waals surface area contributed by atoms with Gasteiger partial charge >= 0.3 is 0 Å². The second-order valence-electron chi connectivity index (χ2n) is 18.6. The number of piperidine rings is 3. The van der Waals surface area contributed by atoms with Gasteiger partial charge in [0.25, 0.3) is 18.2 Å². The molecule has 7 heterocycles. The Hall–Kier alpha value is -5.54. The highest BCUT2D eigenvalue weighted by molar-refractivity contribution is 6.23. The second-order valence-corrected chi connectivity index (χ2v) is 18.6. The number of anilines is 1. The summed E-state index contributed by atoms with van der Waals surface area (Å²) < 4.78 is 44.5. The Morgan fingerprint density at radius 3 is 2.21 bits per heavy atom. The number of carbonyl (C=O) groups excluding carboxylic acids is 5. The minimum atomic E-state index is -2.55. The molecular formula is C48H52F3N7O5. The van der Waals surface area contributed by atoms with Gasteiger partial charge in [-0.05, 0) is 124 Å². The zero-order chi connectivity index (χ0) is 43.8. The van der Waals surface area contributed by atoms with E-state index < -0.39 is 48.7 Å². The maximum atomic E-state index is 16.5. The number of carbonyl (C=O) groups is 5. The van der Waals surface area contributed by atoms with Gasteiger partial charge in [-0.15, -0.1) is 0 Å². The van der Waals surface area contributed by atoms with Gasteiger partial charge in [0.2, 0.25) is 17.7 Å². The van der Waals surface area contributed by atoms with Crippen molar-refractivity contribution in [3.8, 4) is 0 Å². The van der Waals surface area contributed by atoms with Crippen molar-refractivity contribution >= 4 is 46.1 Å². The van der Waals surface area contributed by atoms with Crippen LogP contribution >= 0.6 is 0 Å². The number of hydrogen-bond acceptors (Lipinski definition) is 8. The van der Waals surface area contributed by atoms with Crippen molar-refractivity contribution in [1.29, 1.82) is 0 Å². The molecule has 0 radical (unpaired) electrons. The molecule has 12 nitrogen and oxygen atoms in total. The number of H-pyrrole nitrogens is 1. The summed E-state index contributed by atoms with van der Waals surface area (Å²) in [6, 6.07) is 13.0. The Morgan fingerprint density at radius 1 is 0.873 bits per heavy atom. The summed E-state index contributed by atoms with van der Waals surface area (Å²) in [5.41, 5.74) is 6.90. The second kappa shape index (κ2) is 16.2. The molecule has 15 heteroatoms. The molecule has 2 N–H and O–H groups in total. The lowest BCUT2D eigenvalue weighted by Crippen LogP contribution is -2.54. The van der Waals surface area contributed by atoms with Crippen molar-refractivity contribution in [3.63, 3.8) is 0 Å². The zero-order valence-corrected chi connectivity index (χ0v) is 35.6. The van der Waals surface area contributed by atoms with Crippen LogP contribution in [0.25, 0.3) is 10.9 Å². The molecule has 0 aliphatic carbocycles. The van der Waals surface area contributed by atoms with Gasteiger partial charge in [0, 0.05) is 79.0 Å². The third-order valence-corrected chi connectivity index (χ3v) is 14.7. The quantitative estimate of drug-likeness (QED) is 0.204. The average Bonchev–Trinajstić information content (AvgIpc) is 3.92. The van der Waals surface area contributed by atoms with Gasteiger partial charge in [-0.1, -0.05) is 18.2 Å². The highest BCUT2D eigenvalue weighted by Gasteiger charge is 2.46. The summed E-state index contributed by atoms with van der Waals surface area (Å²) in [6.45, 7) is 8.25. The molecule has 0 saturated carbocycles. The van der Waals surface area contributed by atoms with Crippen LogP contribution in [0.2, 0.25) is 0 Å². The SMILES string of the molecule is Cc1cc(N2CCC(CN3CCC(C(=O)N4Cc5cc6c(cc5C4)C(=O)N(C4CCC(=O)NC4=O)C6=O)CC3)CC2)cc(F)c1[C@@H]1c2[nH]c3ccccc3c2C[C@@H](C)N1CC(F)F. The number of nitrogens with one attached hydrogen (secondary N) is 2. The summed E-state index contributed by atoms with van der Waals surface area (Å²) >= 11 is 0. The number of para-hydroxylation sites is 1. The zero-order valence-electron chi connectivity index (χ0n) is 35.6. The van der Waals surface area contributed by atoms with Crippen LogP contribution in [0.5, 0.6) is 0 Å². The standard InChI is InChI=1S/C48H52F3N7O5/c1-26-17-32(21-37(49)42(26)44-43-34(18-27(2)57(44)25-40(50)51)33-5-3-4-6-38(33)52-43)55-15-9-28(10-16-55)22-54-13-11-29(12-14-54)46(61)56-23-30-19-35-36(20-31(30)24-56)48(63)58(47(35)62)39-7-8-41(59)53-45(39)60/h3-6,17,19-21,27-29,39-40,44,52H,7-16,18,22-25H2,1-2H3,(H,53,59,60)/t27-,39?,44-/m1/s1. The number of halogens is 3. The predicted octanol–water partition coefficient (Wildman–Crippen LogP) is 6.09. The normalized spacial score (nSPS) is 23.8. The van der Waals surface area contributed by atoms with E-state index in [1.54, 1.807) is 23.1 Å². The van der Waals surface area contributed by atoms with E-state index in [4.69, 9.17) is 0 Å². The fourth-order valence-corrected chi connectivity index (χ4v) is 11.4. The number of hydrogen-bond donors (Lipinski definition) is 2. The fraction of sp³-hybridized carbons (Fsp3) is 0.479. The predicted molar refractivity (Wildman–Crippen MR) is 229 cm³/mol. The minimum Gasteiger partial charge on any atom is -0.371 e. The number of nitrogens with zero attached hydrogens (tertiary/aromatic N) is 5. The first-order valence-corrected chi connectivity index (χ1v) is 22.4. The number of benzene rings is 3. The van der Waals surface area contributed by atoms with Gasteiger partial charge in [0.05, 0.1) is 23.7 Å². The largest absolute Gasteiger partial charge is 0.371 e. The molecule has 1 unspecified atom stereocenters. The number of imide groups is 2. The van der Waals surface area contributed by atoms with Gasteiger partial charge in [0.15, 0.2) is 0 Å².